The maximum absolute atomic E-state index is 10.7. The van der Waals surface area contributed by atoms with Crippen molar-refractivity contribution >= 4 is 0 Å². The van der Waals surface area contributed by atoms with Gasteiger partial charge in [0, 0.05) is 18.2 Å². The first-order valence-electron chi connectivity index (χ1n) is 9.85. The van der Waals surface area contributed by atoms with Crippen LogP contribution < -0.4 is 10.1 Å². The first-order valence-corrected chi connectivity index (χ1v) is 9.85. The molecule has 0 aliphatic rings. The highest BCUT2D eigenvalue weighted by Crippen LogP contribution is 2.25. The van der Waals surface area contributed by atoms with E-state index in [0.29, 0.717) is 13.2 Å². The molecular formula is C25H29NO2. The predicted octanol–water partition coefficient (Wildman–Crippen LogP) is 4.83. The van der Waals surface area contributed by atoms with Crippen molar-refractivity contribution < 1.29 is 9.84 Å². The fourth-order valence-corrected chi connectivity index (χ4v) is 3.29. The first-order chi connectivity index (χ1) is 13.6. The Bertz CT molecular complexity index is 863. The van der Waals surface area contributed by atoms with E-state index >= 15 is 0 Å². The van der Waals surface area contributed by atoms with E-state index in [1.807, 2.05) is 54.6 Å². The molecule has 0 aliphatic heterocycles. The van der Waals surface area contributed by atoms with Gasteiger partial charge in [-0.05, 0) is 43.0 Å². The summed E-state index contributed by atoms with van der Waals surface area (Å²) in [7, 11) is 0. The average Bonchev–Trinajstić information content (AvgIpc) is 2.73. The van der Waals surface area contributed by atoms with Crippen molar-refractivity contribution in [1.82, 2.24) is 5.32 Å². The van der Waals surface area contributed by atoms with Gasteiger partial charge in [0.15, 0.2) is 0 Å². The van der Waals surface area contributed by atoms with Crippen molar-refractivity contribution in [2.24, 2.45) is 0 Å². The molecule has 0 aliphatic carbocycles. The van der Waals surface area contributed by atoms with Gasteiger partial charge in [0.1, 0.15) is 12.4 Å². The molecule has 28 heavy (non-hydrogen) atoms. The Balaban J connectivity index is 1.56. The summed E-state index contributed by atoms with van der Waals surface area (Å²) in [4.78, 5) is 0. The lowest BCUT2D eigenvalue weighted by Crippen LogP contribution is -2.32. The van der Waals surface area contributed by atoms with Crippen molar-refractivity contribution in [3.05, 3.63) is 101 Å². The van der Waals surface area contributed by atoms with Crippen LogP contribution in [0, 0.1) is 6.92 Å². The Morgan fingerprint density at radius 2 is 1.57 bits per heavy atom. The predicted molar refractivity (Wildman–Crippen MR) is 115 cm³/mol. The number of ether oxygens (including phenoxy) is 1. The molecule has 3 aromatic rings. The molecule has 1 unspecified atom stereocenters. The zero-order chi connectivity index (χ0) is 19.8. The van der Waals surface area contributed by atoms with Gasteiger partial charge in [0.25, 0.3) is 0 Å². The van der Waals surface area contributed by atoms with Gasteiger partial charge in [0.05, 0.1) is 6.10 Å². The summed E-state index contributed by atoms with van der Waals surface area (Å²) in [6.45, 7) is 5.26. The van der Waals surface area contributed by atoms with Gasteiger partial charge in [-0.25, -0.2) is 0 Å². The quantitative estimate of drug-likeness (QED) is 0.563. The fourth-order valence-electron chi connectivity index (χ4n) is 3.29. The van der Waals surface area contributed by atoms with Crippen LogP contribution in [0.3, 0.4) is 0 Å². The van der Waals surface area contributed by atoms with E-state index < -0.39 is 6.10 Å². The molecule has 0 spiro atoms. The molecule has 3 heteroatoms. The smallest absolute Gasteiger partial charge is 0.125 e. The van der Waals surface area contributed by atoms with Crippen molar-refractivity contribution in [2.75, 3.05) is 6.54 Å². The average molecular weight is 376 g/mol. The molecule has 0 fully saturated rings. The lowest BCUT2D eigenvalue weighted by atomic mass is 10.0. The minimum atomic E-state index is -0.619. The van der Waals surface area contributed by atoms with Gasteiger partial charge in [-0.2, -0.15) is 0 Å². The molecule has 0 amide bonds. The normalized spacial score (nSPS) is 13.1. The van der Waals surface area contributed by atoms with Gasteiger partial charge in [-0.1, -0.05) is 72.8 Å². The number of aliphatic hydroxyl groups is 1. The maximum atomic E-state index is 10.7. The van der Waals surface area contributed by atoms with E-state index in [1.165, 1.54) is 11.1 Å². The Labute approximate surface area is 168 Å². The number of hydrogen-bond donors (Lipinski definition) is 2. The number of nitrogens with one attached hydrogen (secondary N) is 1. The second-order valence-corrected chi connectivity index (χ2v) is 7.27. The zero-order valence-electron chi connectivity index (χ0n) is 16.6. The van der Waals surface area contributed by atoms with E-state index in [9.17, 15) is 5.11 Å². The van der Waals surface area contributed by atoms with E-state index in [2.05, 4.69) is 43.4 Å². The lowest BCUT2D eigenvalue weighted by Gasteiger charge is -2.20. The third-order valence-electron chi connectivity index (χ3n) is 4.96. The van der Waals surface area contributed by atoms with Gasteiger partial charge >= 0.3 is 0 Å². The summed E-state index contributed by atoms with van der Waals surface area (Å²) in [5.74, 6) is 0.729. The van der Waals surface area contributed by atoms with E-state index in [4.69, 9.17) is 4.74 Å². The molecule has 3 nitrogen and oxygen atoms in total. The molecule has 2 atom stereocenters. The molecule has 3 rings (SSSR count). The molecule has 2 N–H and O–H groups in total. The summed E-state index contributed by atoms with van der Waals surface area (Å²) >= 11 is 0. The molecule has 0 saturated heterocycles. The van der Waals surface area contributed by atoms with Gasteiger partial charge in [0.2, 0.25) is 0 Å². The SMILES string of the molecule is Cc1ccccc1CC(C)NC[C@H](O)c1ccccc1OCc1ccccc1. The number of hydrogen-bond acceptors (Lipinski definition) is 3. The van der Waals surface area contributed by atoms with Crippen LogP contribution in [0.25, 0.3) is 0 Å². The minimum Gasteiger partial charge on any atom is -0.489 e. The van der Waals surface area contributed by atoms with Crippen LogP contribution in [0.4, 0.5) is 0 Å². The van der Waals surface area contributed by atoms with Crippen LogP contribution in [0.2, 0.25) is 0 Å². The number of aliphatic hydroxyl groups excluding tert-OH is 1. The van der Waals surface area contributed by atoms with Gasteiger partial charge in [-0.15, -0.1) is 0 Å². The Morgan fingerprint density at radius 3 is 2.36 bits per heavy atom. The van der Waals surface area contributed by atoms with Crippen LogP contribution in [-0.2, 0) is 13.0 Å². The highest BCUT2D eigenvalue weighted by Gasteiger charge is 2.15. The minimum absolute atomic E-state index is 0.271. The Hall–Kier alpha value is -2.62. The van der Waals surface area contributed by atoms with Crippen molar-refractivity contribution in [3.8, 4) is 5.75 Å². The number of aryl methyl sites for hydroxylation is 1. The molecule has 0 radical (unpaired) electrons. The summed E-state index contributed by atoms with van der Waals surface area (Å²) in [6, 6.07) is 26.5. The number of rotatable bonds is 9. The second-order valence-electron chi connectivity index (χ2n) is 7.27. The Morgan fingerprint density at radius 1 is 0.893 bits per heavy atom. The summed E-state index contributed by atoms with van der Waals surface area (Å²) < 4.78 is 5.97. The summed E-state index contributed by atoms with van der Waals surface area (Å²) in [5, 5.41) is 14.2. The summed E-state index contributed by atoms with van der Waals surface area (Å²) in [6.07, 6.45) is 0.317. The van der Waals surface area contributed by atoms with Crippen LogP contribution in [0.5, 0.6) is 5.75 Å². The van der Waals surface area contributed by atoms with E-state index in [-0.39, 0.29) is 6.04 Å². The molecule has 0 heterocycles. The third-order valence-corrected chi connectivity index (χ3v) is 4.96. The molecule has 0 saturated carbocycles. The molecule has 0 bridgehead atoms. The van der Waals surface area contributed by atoms with Crippen molar-refractivity contribution in [2.45, 2.75) is 39.0 Å². The maximum Gasteiger partial charge on any atom is 0.125 e. The Kier molecular flexibility index (Phi) is 7.24. The number of benzene rings is 3. The van der Waals surface area contributed by atoms with Gasteiger partial charge < -0.3 is 15.2 Å². The first kappa shape index (κ1) is 20.1. The van der Waals surface area contributed by atoms with E-state index in [0.717, 1.165) is 23.3 Å². The topological polar surface area (TPSA) is 41.5 Å². The second kappa shape index (κ2) is 10.1. The molecular weight excluding hydrogens is 346 g/mol. The highest BCUT2D eigenvalue weighted by atomic mass is 16.5. The largest absolute Gasteiger partial charge is 0.489 e. The van der Waals surface area contributed by atoms with Crippen LogP contribution in [0.15, 0.2) is 78.9 Å². The molecule has 146 valence electrons. The monoisotopic (exact) mass is 375 g/mol. The lowest BCUT2D eigenvalue weighted by molar-refractivity contribution is 0.163. The highest BCUT2D eigenvalue weighted by molar-refractivity contribution is 5.35. The number of para-hydroxylation sites is 1. The van der Waals surface area contributed by atoms with Crippen LogP contribution in [0.1, 0.15) is 35.3 Å². The van der Waals surface area contributed by atoms with Gasteiger partial charge in [-0.3, -0.25) is 0 Å². The van der Waals surface area contributed by atoms with Crippen molar-refractivity contribution in [1.29, 1.82) is 0 Å². The van der Waals surface area contributed by atoms with Crippen molar-refractivity contribution in [3.63, 3.8) is 0 Å². The summed E-state index contributed by atoms with van der Waals surface area (Å²) in [5.41, 5.74) is 4.56. The third kappa shape index (κ3) is 5.69. The zero-order valence-corrected chi connectivity index (χ0v) is 16.6. The molecule has 0 aromatic heterocycles. The van der Waals surface area contributed by atoms with E-state index in [1.54, 1.807) is 0 Å². The standard InChI is InChI=1S/C25H29NO2/c1-19-10-6-7-13-22(19)16-20(2)26-17-24(27)23-14-8-9-15-25(23)28-18-21-11-4-3-5-12-21/h3-15,20,24,26-27H,16-18H2,1-2H3/t20?,24-/m0/s1. The van der Waals surface area contributed by atoms with Crippen LogP contribution >= 0.6 is 0 Å². The molecule has 3 aromatic carbocycles. The fraction of sp³-hybridized carbons (Fsp3) is 0.280. The van der Waals surface area contributed by atoms with Crippen LogP contribution in [-0.4, -0.2) is 17.7 Å².